The Bertz CT molecular complexity index is 686. The first-order valence-electron chi connectivity index (χ1n) is 7.46. The third-order valence-corrected chi connectivity index (χ3v) is 4.85. The van der Waals surface area contributed by atoms with Gasteiger partial charge in [-0.05, 0) is 36.6 Å². The molecule has 1 aromatic carbocycles. The number of hydrogen-bond acceptors (Lipinski definition) is 6. The van der Waals surface area contributed by atoms with Gasteiger partial charge in [0.2, 0.25) is 0 Å². The molecule has 0 saturated heterocycles. The van der Waals surface area contributed by atoms with Gasteiger partial charge in [-0.1, -0.05) is 13.8 Å². The highest BCUT2D eigenvalue weighted by Crippen LogP contribution is 2.20. The topological polar surface area (TPSA) is 130 Å². The van der Waals surface area contributed by atoms with Crippen molar-refractivity contribution < 1.29 is 32.4 Å². The van der Waals surface area contributed by atoms with Crippen molar-refractivity contribution >= 4 is 33.9 Å². The number of aliphatic carboxylic acids is 1. The molecule has 0 aliphatic heterocycles. The van der Waals surface area contributed by atoms with Crippen LogP contribution in [0.2, 0.25) is 0 Å². The van der Waals surface area contributed by atoms with Crippen LogP contribution in [0.15, 0.2) is 34.1 Å². The molecule has 0 radical (unpaired) electrons. The lowest BCUT2D eigenvalue weighted by Crippen LogP contribution is -2.42. The van der Waals surface area contributed by atoms with Crippen molar-refractivity contribution in [2.75, 3.05) is 12.4 Å². The Morgan fingerprint density at radius 1 is 1.24 bits per heavy atom. The fourth-order valence-corrected chi connectivity index (χ4v) is 3.09. The Balaban J connectivity index is 2.37. The summed E-state index contributed by atoms with van der Waals surface area (Å²) in [5, 5.41) is 11.3. The van der Waals surface area contributed by atoms with Crippen LogP contribution in [0.5, 0.6) is 0 Å². The zero-order valence-corrected chi connectivity index (χ0v) is 15.5. The van der Waals surface area contributed by atoms with E-state index in [0.717, 1.165) is 4.90 Å². The SMILES string of the molecule is CC(C)C[C@H](NC(=O)OCCSc1ccc(S(=O)(=O)O)cc1)C(=O)O. The molecule has 8 nitrogen and oxygen atoms in total. The lowest BCUT2D eigenvalue weighted by Gasteiger charge is -2.16. The van der Waals surface area contributed by atoms with Gasteiger partial charge in [0.15, 0.2) is 0 Å². The van der Waals surface area contributed by atoms with Gasteiger partial charge in [-0.25, -0.2) is 9.59 Å². The van der Waals surface area contributed by atoms with Crippen molar-refractivity contribution in [1.82, 2.24) is 5.32 Å². The monoisotopic (exact) mass is 391 g/mol. The van der Waals surface area contributed by atoms with Crippen LogP contribution in [-0.4, -0.2) is 48.5 Å². The number of hydrogen-bond donors (Lipinski definition) is 3. The van der Waals surface area contributed by atoms with E-state index in [0.29, 0.717) is 12.2 Å². The van der Waals surface area contributed by atoms with E-state index in [9.17, 15) is 18.0 Å². The Hall–Kier alpha value is -1.78. The number of nitrogens with one attached hydrogen (secondary N) is 1. The number of rotatable bonds is 9. The molecule has 140 valence electrons. The van der Waals surface area contributed by atoms with Gasteiger partial charge in [0.25, 0.3) is 10.1 Å². The fourth-order valence-electron chi connectivity index (χ4n) is 1.88. The lowest BCUT2D eigenvalue weighted by molar-refractivity contribution is -0.139. The molecule has 1 aromatic rings. The molecule has 1 rings (SSSR count). The molecule has 1 amide bonds. The summed E-state index contributed by atoms with van der Waals surface area (Å²) in [5.41, 5.74) is 0. The summed E-state index contributed by atoms with van der Waals surface area (Å²) >= 11 is 1.32. The molecule has 3 N–H and O–H groups in total. The Kier molecular flexibility index (Phi) is 8.20. The van der Waals surface area contributed by atoms with Crippen molar-refractivity contribution in [2.24, 2.45) is 5.92 Å². The molecule has 0 bridgehead atoms. The largest absolute Gasteiger partial charge is 0.480 e. The van der Waals surface area contributed by atoms with Crippen molar-refractivity contribution in [2.45, 2.75) is 36.1 Å². The molecule has 1 atom stereocenters. The lowest BCUT2D eigenvalue weighted by atomic mass is 10.0. The summed E-state index contributed by atoms with van der Waals surface area (Å²) in [6.45, 7) is 3.77. The normalized spacial score (nSPS) is 12.6. The number of ether oxygens (including phenoxy) is 1. The van der Waals surface area contributed by atoms with Crippen LogP contribution in [0.3, 0.4) is 0 Å². The zero-order valence-electron chi connectivity index (χ0n) is 13.8. The summed E-state index contributed by atoms with van der Waals surface area (Å²) in [6, 6.07) is 4.60. The highest BCUT2D eigenvalue weighted by Gasteiger charge is 2.21. The van der Waals surface area contributed by atoms with E-state index in [1.54, 1.807) is 0 Å². The predicted octanol–water partition coefficient (Wildman–Crippen LogP) is 2.25. The third kappa shape index (κ3) is 8.23. The van der Waals surface area contributed by atoms with Crippen molar-refractivity contribution in [3.05, 3.63) is 24.3 Å². The van der Waals surface area contributed by atoms with Crippen LogP contribution in [0.1, 0.15) is 20.3 Å². The maximum atomic E-state index is 11.6. The van der Waals surface area contributed by atoms with Gasteiger partial charge >= 0.3 is 12.1 Å². The fraction of sp³-hybridized carbons (Fsp3) is 0.467. The third-order valence-electron chi connectivity index (χ3n) is 3.00. The van der Waals surface area contributed by atoms with E-state index >= 15 is 0 Å². The molecular formula is C15H21NO7S2. The highest BCUT2D eigenvalue weighted by atomic mass is 32.2. The van der Waals surface area contributed by atoms with Crippen LogP contribution in [0, 0.1) is 5.92 Å². The van der Waals surface area contributed by atoms with Crippen molar-refractivity contribution in [3.8, 4) is 0 Å². The Morgan fingerprint density at radius 3 is 2.32 bits per heavy atom. The van der Waals surface area contributed by atoms with Crippen LogP contribution >= 0.6 is 11.8 Å². The van der Waals surface area contributed by atoms with Gasteiger partial charge in [0, 0.05) is 10.6 Å². The number of carboxylic acids is 1. The van der Waals surface area contributed by atoms with Gasteiger partial charge in [-0.15, -0.1) is 11.8 Å². The summed E-state index contributed by atoms with van der Waals surface area (Å²) in [6.07, 6.45) is -0.491. The second-order valence-electron chi connectivity index (χ2n) is 5.60. The van der Waals surface area contributed by atoms with E-state index in [1.165, 1.54) is 36.0 Å². The number of benzene rings is 1. The van der Waals surface area contributed by atoms with Crippen LogP contribution in [0.4, 0.5) is 4.79 Å². The highest BCUT2D eigenvalue weighted by molar-refractivity contribution is 7.99. The van der Waals surface area contributed by atoms with Gasteiger partial charge in [-0.2, -0.15) is 8.42 Å². The van der Waals surface area contributed by atoms with Crippen LogP contribution < -0.4 is 5.32 Å². The predicted molar refractivity (Wildman–Crippen MR) is 92.3 cm³/mol. The standard InChI is InChI=1S/C15H21NO7S2/c1-10(2)9-13(14(17)18)16-15(19)23-7-8-24-11-3-5-12(6-4-11)25(20,21)22/h3-6,10,13H,7-9H2,1-2H3,(H,16,19)(H,17,18)(H,20,21,22)/t13-/m0/s1. The van der Waals surface area contributed by atoms with Gasteiger partial charge < -0.3 is 15.2 Å². The number of thioether (sulfide) groups is 1. The molecule has 0 aliphatic carbocycles. The van der Waals surface area contributed by atoms with Gasteiger partial charge in [0.05, 0.1) is 4.90 Å². The summed E-state index contributed by atoms with van der Waals surface area (Å²) in [4.78, 5) is 23.2. The minimum Gasteiger partial charge on any atom is -0.480 e. The second kappa shape index (κ2) is 9.64. The maximum absolute atomic E-state index is 11.6. The minimum absolute atomic E-state index is 0.0601. The number of carboxylic acid groups (broad SMARTS) is 1. The molecule has 0 spiro atoms. The molecule has 0 heterocycles. The molecule has 0 saturated carbocycles. The summed E-state index contributed by atoms with van der Waals surface area (Å²) in [5.74, 6) is -0.595. The first-order valence-corrected chi connectivity index (χ1v) is 9.88. The number of carbonyl (C=O) groups is 2. The molecule has 25 heavy (non-hydrogen) atoms. The van der Waals surface area contributed by atoms with E-state index in [4.69, 9.17) is 14.4 Å². The van der Waals surface area contributed by atoms with Crippen LogP contribution in [0.25, 0.3) is 0 Å². The van der Waals surface area contributed by atoms with E-state index in [-0.39, 0.29) is 17.4 Å². The quantitative estimate of drug-likeness (QED) is 0.332. The number of carbonyl (C=O) groups excluding carboxylic acids is 1. The molecule has 0 aromatic heterocycles. The molecule has 0 unspecified atom stereocenters. The van der Waals surface area contributed by atoms with E-state index in [1.807, 2.05) is 13.8 Å². The second-order valence-corrected chi connectivity index (χ2v) is 8.19. The maximum Gasteiger partial charge on any atom is 0.407 e. The van der Waals surface area contributed by atoms with E-state index in [2.05, 4.69) is 5.32 Å². The average Bonchev–Trinajstić information content (AvgIpc) is 2.50. The molecule has 0 fully saturated rings. The first kappa shape index (κ1) is 21.3. The molecule has 10 heteroatoms. The molecular weight excluding hydrogens is 370 g/mol. The Morgan fingerprint density at radius 2 is 1.84 bits per heavy atom. The summed E-state index contributed by atoms with van der Waals surface area (Å²) < 4.78 is 35.7. The Labute approximate surface area is 150 Å². The smallest absolute Gasteiger partial charge is 0.407 e. The summed E-state index contributed by atoms with van der Waals surface area (Å²) in [7, 11) is -4.22. The zero-order chi connectivity index (χ0) is 19.0. The average molecular weight is 391 g/mol. The van der Waals surface area contributed by atoms with Gasteiger partial charge in [0.1, 0.15) is 12.6 Å². The molecule has 0 aliphatic rings. The van der Waals surface area contributed by atoms with Crippen LogP contribution in [-0.2, 0) is 19.6 Å². The van der Waals surface area contributed by atoms with Gasteiger partial charge in [-0.3, -0.25) is 4.55 Å². The minimum atomic E-state index is -4.22. The number of amides is 1. The van der Waals surface area contributed by atoms with Crippen molar-refractivity contribution in [3.63, 3.8) is 0 Å². The van der Waals surface area contributed by atoms with Crippen molar-refractivity contribution in [1.29, 1.82) is 0 Å². The van der Waals surface area contributed by atoms with E-state index < -0.39 is 28.2 Å². The number of alkyl carbamates (subject to hydrolysis) is 1. The first-order chi connectivity index (χ1) is 11.6.